The molecule has 4 N–H and O–H groups in total. The summed E-state index contributed by atoms with van der Waals surface area (Å²) in [6, 6.07) is 6.41. The van der Waals surface area contributed by atoms with Crippen molar-refractivity contribution in [2.45, 2.75) is 31.1 Å². The second-order valence-electron chi connectivity index (χ2n) is 9.85. The van der Waals surface area contributed by atoms with Crippen molar-refractivity contribution in [2.75, 3.05) is 44.0 Å². The summed E-state index contributed by atoms with van der Waals surface area (Å²) >= 11 is 0. The van der Waals surface area contributed by atoms with Crippen LogP contribution in [0, 0.1) is 5.82 Å². The number of halogens is 4. The van der Waals surface area contributed by atoms with E-state index in [-0.39, 0.29) is 24.7 Å². The minimum atomic E-state index is -4.43. The predicted octanol–water partition coefficient (Wildman–Crippen LogP) is 3.54. The molecule has 4 aromatic rings. The minimum absolute atomic E-state index is 0.114. The Morgan fingerprint density at radius 2 is 1.95 bits per heavy atom. The topological polar surface area (TPSA) is 130 Å². The number of benzene rings is 1. The van der Waals surface area contributed by atoms with Crippen LogP contribution in [0.2, 0.25) is 0 Å². The highest BCUT2D eigenvalue weighted by Crippen LogP contribution is 2.32. The van der Waals surface area contributed by atoms with Gasteiger partial charge in [0.15, 0.2) is 23.0 Å². The number of fused-ring (bicyclic) bond motifs is 1. The van der Waals surface area contributed by atoms with Gasteiger partial charge in [-0.15, -0.1) is 0 Å². The van der Waals surface area contributed by atoms with Crippen LogP contribution in [-0.2, 0) is 11.3 Å². The smallest absolute Gasteiger partial charge is 0.411 e. The molecule has 0 aliphatic carbocycles. The highest BCUT2D eigenvalue weighted by Gasteiger charge is 2.35. The first-order chi connectivity index (χ1) is 19.0. The van der Waals surface area contributed by atoms with Gasteiger partial charge in [-0.05, 0) is 42.7 Å². The standard InChI is InChI=1S/C26H28F4N8O2/c1-39-21-4-3-16(7-18(21)27)19-8-17(10-38-15-36-22-23(31)34-14-35-24(22)38)20(9-33-19)37-6-2-5-25(32,11-37)12-40-13-26(28,29)30/h3-4,7-9,14-15H,2,5-6,10-13,32H2,1H3,(H2,31,34,35)/t25-/m1/s1. The number of methoxy groups -OCH3 is 1. The molecule has 1 aliphatic rings. The number of pyridine rings is 1. The van der Waals surface area contributed by atoms with Crippen molar-refractivity contribution in [3.05, 3.63) is 54.5 Å². The number of anilines is 2. The molecule has 1 aromatic carbocycles. The quantitative estimate of drug-likeness (QED) is 0.311. The van der Waals surface area contributed by atoms with Crippen LogP contribution >= 0.6 is 0 Å². The molecule has 0 unspecified atom stereocenters. The van der Waals surface area contributed by atoms with E-state index in [9.17, 15) is 17.6 Å². The van der Waals surface area contributed by atoms with Crippen LogP contribution in [0.25, 0.3) is 22.4 Å². The molecule has 212 valence electrons. The van der Waals surface area contributed by atoms with Crippen LogP contribution in [0.4, 0.5) is 29.1 Å². The summed E-state index contributed by atoms with van der Waals surface area (Å²) in [6.45, 7) is -0.421. The van der Waals surface area contributed by atoms with E-state index in [1.807, 2.05) is 11.0 Å². The Labute approximate surface area is 226 Å². The Bertz CT molecular complexity index is 1510. The van der Waals surface area contributed by atoms with E-state index in [4.69, 9.17) is 20.9 Å². The summed E-state index contributed by atoms with van der Waals surface area (Å²) in [4.78, 5) is 19.2. The first kappa shape index (κ1) is 27.5. The van der Waals surface area contributed by atoms with Gasteiger partial charge in [-0.2, -0.15) is 13.2 Å². The van der Waals surface area contributed by atoms with Crippen LogP contribution in [0.5, 0.6) is 5.75 Å². The van der Waals surface area contributed by atoms with Gasteiger partial charge in [-0.25, -0.2) is 19.3 Å². The fourth-order valence-corrected chi connectivity index (χ4v) is 4.94. The number of hydrogen-bond donors (Lipinski definition) is 2. The minimum Gasteiger partial charge on any atom is -0.494 e. The average molecular weight is 561 g/mol. The van der Waals surface area contributed by atoms with Crippen LogP contribution in [0.1, 0.15) is 18.4 Å². The molecule has 0 radical (unpaired) electrons. The van der Waals surface area contributed by atoms with Gasteiger partial charge in [0.25, 0.3) is 0 Å². The van der Waals surface area contributed by atoms with Gasteiger partial charge in [-0.1, -0.05) is 0 Å². The summed E-state index contributed by atoms with van der Waals surface area (Å²) in [7, 11) is 1.39. The van der Waals surface area contributed by atoms with Gasteiger partial charge in [-0.3, -0.25) is 4.98 Å². The van der Waals surface area contributed by atoms with Crippen molar-refractivity contribution < 1.29 is 27.0 Å². The maximum Gasteiger partial charge on any atom is 0.411 e. The lowest BCUT2D eigenvalue weighted by molar-refractivity contribution is -0.177. The van der Waals surface area contributed by atoms with E-state index in [0.717, 1.165) is 11.3 Å². The number of imidazole rings is 1. The third-order valence-corrected chi connectivity index (χ3v) is 6.79. The predicted molar refractivity (Wildman–Crippen MR) is 140 cm³/mol. The zero-order valence-corrected chi connectivity index (χ0v) is 21.7. The Kier molecular flexibility index (Phi) is 7.47. The van der Waals surface area contributed by atoms with E-state index in [2.05, 4.69) is 19.9 Å². The van der Waals surface area contributed by atoms with Crippen LogP contribution < -0.4 is 21.1 Å². The third-order valence-electron chi connectivity index (χ3n) is 6.79. The van der Waals surface area contributed by atoms with E-state index >= 15 is 0 Å². The Morgan fingerprint density at radius 3 is 2.70 bits per heavy atom. The number of nitrogen functional groups attached to an aromatic ring is 1. The van der Waals surface area contributed by atoms with Crippen LogP contribution in [-0.4, -0.2) is 69.6 Å². The molecule has 4 heterocycles. The maximum atomic E-state index is 14.5. The lowest BCUT2D eigenvalue weighted by Gasteiger charge is -2.41. The molecule has 0 bridgehead atoms. The number of ether oxygens (including phenoxy) is 2. The number of alkyl halides is 3. The summed E-state index contributed by atoms with van der Waals surface area (Å²) < 4.78 is 64.2. The summed E-state index contributed by atoms with van der Waals surface area (Å²) in [5.74, 6) is -0.165. The zero-order valence-electron chi connectivity index (χ0n) is 21.7. The van der Waals surface area contributed by atoms with Gasteiger partial charge in [0, 0.05) is 18.7 Å². The second-order valence-corrected chi connectivity index (χ2v) is 9.85. The summed E-state index contributed by atoms with van der Waals surface area (Å²) in [5.41, 5.74) is 15.0. The molecule has 1 atom stereocenters. The van der Waals surface area contributed by atoms with Crippen molar-refractivity contribution in [3.8, 4) is 17.0 Å². The molecule has 1 aliphatic heterocycles. The molecule has 1 fully saturated rings. The zero-order chi connectivity index (χ0) is 28.5. The summed E-state index contributed by atoms with van der Waals surface area (Å²) in [5, 5.41) is 0. The van der Waals surface area contributed by atoms with E-state index in [0.29, 0.717) is 48.4 Å². The molecule has 14 heteroatoms. The third kappa shape index (κ3) is 5.92. The molecule has 1 saturated heterocycles. The van der Waals surface area contributed by atoms with E-state index < -0.39 is 24.1 Å². The normalized spacial score (nSPS) is 17.9. The van der Waals surface area contributed by atoms with Crippen molar-refractivity contribution in [3.63, 3.8) is 0 Å². The fraction of sp³-hybridized carbons (Fsp3) is 0.385. The van der Waals surface area contributed by atoms with Gasteiger partial charge in [0.1, 0.15) is 18.5 Å². The van der Waals surface area contributed by atoms with Crippen molar-refractivity contribution in [1.82, 2.24) is 24.5 Å². The number of rotatable bonds is 8. The Balaban J connectivity index is 1.50. The van der Waals surface area contributed by atoms with Gasteiger partial charge < -0.3 is 30.4 Å². The molecular formula is C26H28F4N8O2. The highest BCUT2D eigenvalue weighted by atomic mass is 19.4. The fourth-order valence-electron chi connectivity index (χ4n) is 4.94. The number of aromatic nitrogens is 5. The molecule has 10 nitrogen and oxygen atoms in total. The Hall–Kier alpha value is -4.04. The van der Waals surface area contributed by atoms with Crippen molar-refractivity contribution in [2.24, 2.45) is 5.73 Å². The lowest BCUT2D eigenvalue weighted by Crippen LogP contribution is -2.57. The van der Waals surface area contributed by atoms with Crippen LogP contribution in [0.3, 0.4) is 0 Å². The number of nitrogens with two attached hydrogens (primary N) is 2. The van der Waals surface area contributed by atoms with E-state index in [1.165, 1.54) is 25.6 Å². The van der Waals surface area contributed by atoms with Gasteiger partial charge in [0.2, 0.25) is 0 Å². The molecule has 0 spiro atoms. The van der Waals surface area contributed by atoms with Crippen molar-refractivity contribution in [1.29, 1.82) is 0 Å². The average Bonchev–Trinajstić information content (AvgIpc) is 3.31. The molecular weight excluding hydrogens is 532 g/mol. The first-order valence-electron chi connectivity index (χ1n) is 12.5. The Morgan fingerprint density at radius 1 is 1.12 bits per heavy atom. The lowest BCUT2D eigenvalue weighted by atomic mass is 9.90. The van der Waals surface area contributed by atoms with Crippen LogP contribution in [0.15, 0.2) is 43.1 Å². The van der Waals surface area contributed by atoms with Crippen molar-refractivity contribution >= 4 is 22.7 Å². The maximum absolute atomic E-state index is 14.5. The number of piperidine rings is 1. The molecule has 0 saturated carbocycles. The monoisotopic (exact) mass is 560 g/mol. The molecule has 40 heavy (non-hydrogen) atoms. The molecule has 5 rings (SSSR count). The van der Waals surface area contributed by atoms with Gasteiger partial charge in [0.05, 0.1) is 49.7 Å². The first-order valence-corrected chi connectivity index (χ1v) is 12.5. The molecule has 0 amide bonds. The highest BCUT2D eigenvalue weighted by molar-refractivity contribution is 5.81. The number of hydrogen-bond acceptors (Lipinski definition) is 9. The van der Waals surface area contributed by atoms with E-state index in [1.54, 1.807) is 23.2 Å². The SMILES string of the molecule is COc1ccc(-c2cc(Cn3cnc4c(N)ncnc43)c(N3CCC[C@](N)(COCC(F)(F)F)C3)cn2)cc1F. The summed E-state index contributed by atoms with van der Waals surface area (Å²) in [6.07, 6.45) is 1.34. The van der Waals surface area contributed by atoms with Gasteiger partial charge >= 0.3 is 6.18 Å². The number of nitrogens with zero attached hydrogens (tertiary/aromatic N) is 6. The largest absolute Gasteiger partial charge is 0.494 e. The molecule has 3 aromatic heterocycles. The second kappa shape index (κ2) is 10.8.